The molecular weight excluding hydrogens is 757 g/mol. The third-order valence-corrected chi connectivity index (χ3v) is 11.3. The van der Waals surface area contributed by atoms with Crippen molar-refractivity contribution < 1.29 is 28.6 Å². The number of hydrogen-bond donors (Lipinski definition) is 0. The van der Waals surface area contributed by atoms with E-state index in [4.69, 9.17) is 14.2 Å². The van der Waals surface area contributed by atoms with Crippen LogP contribution in [0.5, 0.6) is 0 Å². The smallest absolute Gasteiger partial charge is 0.306 e. The van der Waals surface area contributed by atoms with Crippen molar-refractivity contribution in [2.75, 3.05) is 13.2 Å². The molecule has 354 valence electrons. The van der Waals surface area contributed by atoms with Crippen LogP contribution in [0, 0.1) is 0 Å². The van der Waals surface area contributed by atoms with Gasteiger partial charge in [0.2, 0.25) is 0 Å². The van der Waals surface area contributed by atoms with Crippen molar-refractivity contribution in [2.24, 2.45) is 0 Å². The summed E-state index contributed by atoms with van der Waals surface area (Å²) in [5.74, 6) is -0.909. The normalized spacial score (nSPS) is 12.4. The summed E-state index contributed by atoms with van der Waals surface area (Å²) in [5, 5.41) is 0. The molecule has 0 radical (unpaired) electrons. The molecule has 1 atom stereocenters. The molecule has 0 heterocycles. The zero-order valence-corrected chi connectivity index (χ0v) is 40.4. The van der Waals surface area contributed by atoms with E-state index in [0.29, 0.717) is 19.3 Å². The number of rotatable bonds is 47. The lowest BCUT2D eigenvalue weighted by molar-refractivity contribution is -0.167. The molecule has 0 saturated heterocycles. The molecule has 0 aliphatic heterocycles. The van der Waals surface area contributed by atoms with Crippen molar-refractivity contribution >= 4 is 17.9 Å². The number of ether oxygens (including phenoxy) is 3. The standard InChI is InChI=1S/C55H98O6/c1-4-7-10-13-16-19-22-24-25-26-27-28-29-31-33-36-39-42-45-48-54(57)60-51-52(50-59-53(56)47-44-41-38-35-32-21-18-15-12-9-6-3)61-55(58)49-46-43-40-37-34-30-23-20-17-14-11-8-5-2/h8,11,17,20,24-25,30,34,52H,4-7,9-10,12-16,18-19,21-23,26-29,31-33,35-51H2,1-3H3/b11-8-,20-17-,25-24-,34-30-. The summed E-state index contributed by atoms with van der Waals surface area (Å²) < 4.78 is 16.8. The van der Waals surface area contributed by atoms with E-state index >= 15 is 0 Å². The zero-order chi connectivity index (χ0) is 44.4. The average molecular weight is 855 g/mol. The molecule has 6 heteroatoms. The van der Waals surface area contributed by atoms with E-state index in [2.05, 4.69) is 69.4 Å². The Kier molecular flexibility index (Phi) is 47.9. The number of esters is 3. The van der Waals surface area contributed by atoms with Crippen LogP contribution in [0.1, 0.15) is 265 Å². The minimum atomic E-state index is -0.785. The number of carbonyl (C=O) groups is 3. The third kappa shape index (κ3) is 48.3. The van der Waals surface area contributed by atoms with E-state index in [1.54, 1.807) is 0 Å². The van der Waals surface area contributed by atoms with Crippen LogP contribution in [-0.4, -0.2) is 37.2 Å². The Balaban J connectivity index is 4.33. The highest BCUT2D eigenvalue weighted by Gasteiger charge is 2.19. The molecule has 0 aromatic rings. The highest BCUT2D eigenvalue weighted by atomic mass is 16.6. The predicted octanol–water partition coefficient (Wildman–Crippen LogP) is 17.1. The highest BCUT2D eigenvalue weighted by Crippen LogP contribution is 2.15. The van der Waals surface area contributed by atoms with E-state index in [0.717, 1.165) is 83.5 Å². The Morgan fingerprint density at radius 3 is 1.03 bits per heavy atom. The summed E-state index contributed by atoms with van der Waals surface area (Å²) in [4.78, 5) is 37.9. The van der Waals surface area contributed by atoms with Crippen LogP contribution in [-0.2, 0) is 28.6 Å². The maximum Gasteiger partial charge on any atom is 0.306 e. The fourth-order valence-electron chi connectivity index (χ4n) is 7.39. The SMILES string of the molecule is CC/C=C\C/C=C\C/C=C\CCCCCC(=O)OC(COC(=O)CCCCCCCCCCC/C=C\CCCCCCCC)COC(=O)CCCCCCCCCCCCC. The number of carbonyl (C=O) groups excluding carboxylic acids is 3. The highest BCUT2D eigenvalue weighted by molar-refractivity contribution is 5.71. The predicted molar refractivity (Wildman–Crippen MR) is 261 cm³/mol. The second-order valence-electron chi connectivity index (χ2n) is 17.4. The van der Waals surface area contributed by atoms with Gasteiger partial charge in [-0.05, 0) is 77.0 Å². The van der Waals surface area contributed by atoms with Gasteiger partial charge in [-0.15, -0.1) is 0 Å². The molecule has 1 unspecified atom stereocenters. The summed E-state index contributed by atoms with van der Waals surface area (Å²) >= 11 is 0. The molecule has 0 aliphatic rings. The molecule has 0 bridgehead atoms. The van der Waals surface area contributed by atoms with Gasteiger partial charge in [0.1, 0.15) is 13.2 Å². The molecule has 0 fully saturated rings. The topological polar surface area (TPSA) is 78.9 Å². The molecule has 6 nitrogen and oxygen atoms in total. The summed E-state index contributed by atoms with van der Waals surface area (Å²) in [7, 11) is 0. The van der Waals surface area contributed by atoms with E-state index in [1.807, 2.05) is 0 Å². The lowest BCUT2D eigenvalue weighted by Gasteiger charge is -2.18. The van der Waals surface area contributed by atoms with Gasteiger partial charge in [0.15, 0.2) is 6.10 Å². The van der Waals surface area contributed by atoms with Gasteiger partial charge in [0.05, 0.1) is 0 Å². The molecule has 0 aliphatic carbocycles. The summed E-state index contributed by atoms with van der Waals surface area (Å²) in [6.45, 7) is 6.50. The van der Waals surface area contributed by atoms with Crippen LogP contribution >= 0.6 is 0 Å². The summed E-state index contributed by atoms with van der Waals surface area (Å²) in [6, 6.07) is 0. The number of unbranched alkanes of at least 4 members (excludes halogenated alkanes) is 28. The van der Waals surface area contributed by atoms with Crippen LogP contribution in [0.25, 0.3) is 0 Å². The largest absolute Gasteiger partial charge is 0.462 e. The molecular formula is C55H98O6. The third-order valence-electron chi connectivity index (χ3n) is 11.3. The van der Waals surface area contributed by atoms with E-state index in [9.17, 15) is 14.4 Å². The van der Waals surface area contributed by atoms with Crippen molar-refractivity contribution in [1.82, 2.24) is 0 Å². The maximum absolute atomic E-state index is 12.8. The molecule has 0 spiro atoms. The van der Waals surface area contributed by atoms with Gasteiger partial charge < -0.3 is 14.2 Å². The van der Waals surface area contributed by atoms with Crippen molar-refractivity contribution in [1.29, 1.82) is 0 Å². The summed E-state index contributed by atoms with van der Waals surface area (Å²) in [5.41, 5.74) is 0. The van der Waals surface area contributed by atoms with Crippen molar-refractivity contribution in [3.05, 3.63) is 48.6 Å². The Labute approximate surface area is 378 Å². The van der Waals surface area contributed by atoms with E-state index in [1.165, 1.54) is 141 Å². The number of allylic oxidation sites excluding steroid dienone is 8. The second kappa shape index (κ2) is 50.0. The average Bonchev–Trinajstić information content (AvgIpc) is 3.26. The fourth-order valence-corrected chi connectivity index (χ4v) is 7.39. The number of hydrogen-bond acceptors (Lipinski definition) is 6. The van der Waals surface area contributed by atoms with Gasteiger partial charge in [0, 0.05) is 19.3 Å². The van der Waals surface area contributed by atoms with Crippen LogP contribution < -0.4 is 0 Å². The minimum absolute atomic E-state index is 0.0834. The minimum Gasteiger partial charge on any atom is -0.462 e. The Hall–Kier alpha value is -2.63. The summed E-state index contributed by atoms with van der Waals surface area (Å²) in [6.07, 6.45) is 59.6. The first-order chi connectivity index (χ1) is 30.0. The fraction of sp³-hybridized carbons (Fsp3) is 0.800. The Morgan fingerprint density at radius 2 is 0.639 bits per heavy atom. The lowest BCUT2D eigenvalue weighted by Crippen LogP contribution is -2.30. The quantitative estimate of drug-likeness (QED) is 0.0263. The van der Waals surface area contributed by atoms with Gasteiger partial charge in [-0.1, -0.05) is 217 Å². The van der Waals surface area contributed by atoms with Crippen LogP contribution in [0.15, 0.2) is 48.6 Å². The van der Waals surface area contributed by atoms with Crippen molar-refractivity contribution in [3.63, 3.8) is 0 Å². The van der Waals surface area contributed by atoms with Crippen LogP contribution in [0.4, 0.5) is 0 Å². The zero-order valence-electron chi connectivity index (χ0n) is 40.4. The Bertz CT molecular complexity index is 1070. The van der Waals surface area contributed by atoms with E-state index < -0.39 is 6.10 Å². The van der Waals surface area contributed by atoms with Gasteiger partial charge >= 0.3 is 17.9 Å². The van der Waals surface area contributed by atoms with Gasteiger partial charge in [-0.3, -0.25) is 14.4 Å². The molecule has 0 amide bonds. The first kappa shape index (κ1) is 58.4. The van der Waals surface area contributed by atoms with Crippen LogP contribution in [0.3, 0.4) is 0 Å². The molecule has 0 aromatic heterocycles. The molecule has 61 heavy (non-hydrogen) atoms. The first-order valence-corrected chi connectivity index (χ1v) is 26.1. The first-order valence-electron chi connectivity index (χ1n) is 26.1. The second-order valence-corrected chi connectivity index (χ2v) is 17.4. The van der Waals surface area contributed by atoms with Crippen molar-refractivity contribution in [2.45, 2.75) is 271 Å². The molecule has 0 N–H and O–H groups in total. The van der Waals surface area contributed by atoms with Gasteiger partial charge in [-0.2, -0.15) is 0 Å². The van der Waals surface area contributed by atoms with E-state index in [-0.39, 0.29) is 31.1 Å². The van der Waals surface area contributed by atoms with Gasteiger partial charge in [-0.25, -0.2) is 0 Å². The maximum atomic E-state index is 12.8. The Morgan fingerprint density at radius 1 is 0.344 bits per heavy atom. The lowest BCUT2D eigenvalue weighted by atomic mass is 10.1. The molecule has 0 saturated carbocycles. The van der Waals surface area contributed by atoms with Crippen LogP contribution in [0.2, 0.25) is 0 Å². The molecule has 0 aromatic carbocycles. The van der Waals surface area contributed by atoms with Gasteiger partial charge in [0.25, 0.3) is 0 Å². The monoisotopic (exact) mass is 855 g/mol. The molecule has 0 rings (SSSR count). The van der Waals surface area contributed by atoms with Crippen molar-refractivity contribution in [3.8, 4) is 0 Å².